The van der Waals surface area contributed by atoms with Crippen molar-refractivity contribution in [3.05, 3.63) is 30.3 Å². The van der Waals surface area contributed by atoms with E-state index in [9.17, 15) is 0 Å². The minimum atomic E-state index is 0.676. The number of benzene rings is 1. The van der Waals surface area contributed by atoms with Gasteiger partial charge in [0.2, 0.25) is 0 Å². The summed E-state index contributed by atoms with van der Waals surface area (Å²) in [6.07, 6.45) is 1.68. The second-order valence-corrected chi connectivity index (χ2v) is 2.20. The zero-order valence-corrected chi connectivity index (χ0v) is 7.26. The molecule has 0 amide bonds. The molecular weight excluding hydrogens is 152 g/mol. The molecule has 1 rings (SSSR count). The van der Waals surface area contributed by atoms with E-state index in [0.29, 0.717) is 11.5 Å². The van der Waals surface area contributed by atoms with Crippen molar-refractivity contribution >= 4 is 6.08 Å². The quantitative estimate of drug-likeness (QED) is 0.679. The van der Waals surface area contributed by atoms with E-state index in [0.717, 1.165) is 5.56 Å². The summed E-state index contributed by atoms with van der Waals surface area (Å²) in [5, 5.41) is 0. The molecule has 0 aliphatic rings. The third kappa shape index (κ3) is 1.42. The molecule has 0 bridgehead atoms. The average molecular weight is 163 g/mol. The predicted octanol–water partition coefficient (Wildman–Crippen LogP) is 2.15. The smallest absolute Gasteiger partial charge is 0.168 e. The second-order valence-electron chi connectivity index (χ2n) is 2.20. The molecule has 2 nitrogen and oxygen atoms in total. The van der Waals surface area contributed by atoms with Gasteiger partial charge in [0.15, 0.2) is 11.5 Å². The Kier molecular flexibility index (Phi) is 2.75. The molecule has 0 aliphatic heterocycles. The fourth-order valence-corrected chi connectivity index (χ4v) is 1.00. The van der Waals surface area contributed by atoms with Gasteiger partial charge in [-0.05, 0) is 18.2 Å². The van der Waals surface area contributed by atoms with Crippen LogP contribution in [0.5, 0.6) is 11.5 Å². The first-order valence-corrected chi connectivity index (χ1v) is 3.58. The van der Waals surface area contributed by atoms with Gasteiger partial charge in [0.25, 0.3) is 0 Å². The standard InChI is InChI=1S/C10H11O2/c1-4-8-6-5-7-9(11-2)10(8)12-3/h4-5,7H,1H2,2-3H3. The molecule has 1 radical (unpaired) electrons. The molecule has 0 heterocycles. The van der Waals surface area contributed by atoms with Crippen molar-refractivity contribution in [2.45, 2.75) is 0 Å². The molecule has 0 fully saturated rings. The van der Waals surface area contributed by atoms with Gasteiger partial charge in [0.05, 0.1) is 14.2 Å². The van der Waals surface area contributed by atoms with Crippen molar-refractivity contribution in [3.8, 4) is 11.5 Å². The van der Waals surface area contributed by atoms with Gasteiger partial charge in [0.1, 0.15) is 0 Å². The fraction of sp³-hybridized carbons (Fsp3) is 0.200. The molecule has 0 atom stereocenters. The maximum absolute atomic E-state index is 5.13. The van der Waals surface area contributed by atoms with Crippen molar-refractivity contribution in [2.75, 3.05) is 14.2 Å². The highest BCUT2D eigenvalue weighted by molar-refractivity contribution is 5.60. The minimum absolute atomic E-state index is 0.676. The van der Waals surface area contributed by atoms with Crippen molar-refractivity contribution in [2.24, 2.45) is 0 Å². The van der Waals surface area contributed by atoms with Gasteiger partial charge in [0, 0.05) is 5.56 Å². The van der Waals surface area contributed by atoms with Gasteiger partial charge in [-0.3, -0.25) is 0 Å². The SMILES string of the molecule is C=Cc1[c]ccc(OC)c1OC. The summed E-state index contributed by atoms with van der Waals surface area (Å²) in [4.78, 5) is 0. The van der Waals surface area contributed by atoms with Crippen LogP contribution >= 0.6 is 0 Å². The van der Waals surface area contributed by atoms with E-state index in [1.807, 2.05) is 0 Å². The first-order valence-electron chi connectivity index (χ1n) is 3.58. The lowest BCUT2D eigenvalue weighted by atomic mass is 10.2. The Morgan fingerprint density at radius 3 is 2.67 bits per heavy atom. The molecule has 0 aliphatic carbocycles. The van der Waals surface area contributed by atoms with E-state index in [1.54, 1.807) is 32.4 Å². The summed E-state index contributed by atoms with van der Waals surface area (Å²) in [5.74, 6) is 1.38. The zero-order valence-electron chi connectivity index (χ0n) is 7.26. The second kappa shape index (κ2) is 3.81. The highest BCUT2D eigenvalue weighted by atomic mass is 16.5. The maximum Gasteiger partial charge on any atom is 0.168 e. The van der Waals surface area contributed by atoms with Crippen LogP contribution in [0.2, 0.25) is 0 Å². The molecule has 63 valence electrons. The molecule has 1 aromatic rings. The molecular formula is C10H11O2. The Hall–Kier alpha value is -1.44. The lowest BCUT2D eigenvalue weighted by Gasteiger charge is -2.08. The largest absolute Gasteiger partial charge is 0.493 e. The van der Waals surface area contributed by atoms with Gasteiger partial charge in [-0.25, -0.2) is 0 Å². The van der Waals surface area contributed by atoms with Gasteiger partial charge in [-0.15, -0.1) is 0 Å². The summed E-state index contributed by atoms with van der Waals surface area (Å²) >= 11 is 0. The van der Waals surface area contributed by atoms with E-state index in [4.69, 9.17) is 9.47 Å². The van der Waals surface area contributed by atoms with Gasteiger partial charge >= 0.3 is 0 Å². The van der Waals surface area contributed by atoms with Crippen LogP contribution in [-0.2, 0) is 0 Å². The number of methoxy groups -OCH3 is 2. The number of hydrogen-bond donors (Lipinski definition) is 0. The molecule has 1 aromatic carbocycles. The van der Waals surface area contributed by atoms with Crippen LogP contribution in [0, 0.1) is 6.07 Å². The maximum atomic E-state index is 5.13. The molecule has 0 spiro atoms. The number of rotatable bonds is 3. The van der Waals surface area contributed by atoms with Crippen LogP contribution in [0.3, 0.4) is 0 Å². The lowest BCUT2D eigenvalue weighted by Crippen LogP contribution is -1.92. The van der Waals surface area contributed by atoms with Crippen LogP contribution in [0.25, 0.3) is 6.08 Å². The number of ether oxygens (including phenoxy) is 2. The highest BCUT2D eigenvalue weighted by Crippen LogP contribution is 2.30. The monoisotopic (exact) mass is 163 g/mol. The topological polar surface area (TPSA) is 18.5 Å². The van der Waals surface area contributed by atoms with E-state index in [-0.39, 0.29) is 0 Å². The summed E-state index contributed by atoms with van der Waals surface area (Å²) in [6, 6.07) is 6.56. The first-order chi connectivity index (χ1) is 5.83. The summed E-state index contributed by atoms with van der Waals surface area (Å²) in [6.45, 7) is 3.65. The Balaban J connectivity index is 3.21. The van der Waals surface area contributed by atoms with Gasteiger partial charge in [-0.2, -0.15) is 0 Å². The third-order valence-corrected chi connectivity index (χ3v) is 1.57. The molecule has 0 saturated carbocycles. The summed E-state index contributed by atoms with van der Waals surface area (Å²) < 4.78 is 10.2. The molecule has 0 unspecified atom stereocenters. The van der Waals surface area contributed by atoms with E-state index < -0.39 is 0 Å². The molecule has 0 aromatic heterocycles. The van der Waals surface area contributed by atoms with Crippen LogP contribution < -0.4 is 9.47 Å². The summed E-state index contributed by atoms with van der Waals surface area (Å²) in [7, 11) is 3.20. The van der Waals surface area contributed by atoms with Crippen molar-refractivity contribution in [3.63, 3.8) is 0 Å². The number of hydrogen-bond acceptors (Lipinski definition) is 2. The predicted molar refractivity (Wildman–Crippen MR) is 48.5 cm³/mol. The third-order valence-electron chi connectivity index (χ3n) is 1.57. The van der Waals surface area contributed by atoms with Crippen molar-refractivity contribution in [1.82, 2.24) is 0 Å². The van der Waals surface area contributed by atoms with E-state index >= 15 is 0 Å². The van der Waals surface area contributed by atoms with Crippen LogP contribution in [0.4, 0.5) is 0 Å². The van der Waals surface area contributed by atoms with Crippen molar-refractivity contribution < 1.29 is 9.47 Å². The van der Waals surface area contributed by atoms with Crippen molar-refractivity contribution in [1.29, 1.82) is 0 Å². The van der Waals surface area contributed by atoms with Crippen LogP contribution in [0.1, 0.15) is 5.56 Å². The highest BCUT2D eigenvalue weighted by Gasteiger charge is 2.05. The zero-order chi connectivity index (χ0) is 8.97. The normalized spacial score (nSPS) is 9.17. The molecule has 0 saturated heterocycles. The molecule has 12 heavy (non-hydrogen) atoms. The molecule has 2 heteroatoms. The Morgan fingerprint density at radius 1 is 1.42 bits per heavy atom. The van der Waals surface area contributed by atoms with Gasteiger partial charge < -0.3 is 9.47 Å². The summed E-state index contributed by atoms with van der Waals surface area (Å²) in [5.41, 5.74) is 0.817. The van der Waals surface area contributed by atoms with Crippen LogP contribution in [0.15, 0.2) is 18.7 Å². The fourth-order valence-electron chi connectivity index (χ4n) is 1.00. The van der Waals surface area contributed by atoms with E-state index in [1.165, 1.54) is 0 Å². The van der Waals surface area contributed by atoms with Gasteiger partial charge in [-0.1, -0.05) is 12.7 Å². The van der Waals surface area contributed by atoms with E-state index in [2.05, 4.69) is 12.6 Å². The van der Waals surface area contributed by atoms with Crippen LogP contribution in [-0.4, -0.2) is 14.2 Å². The first kappa shape index (κ1) is 8.65. The Labute approximate surface area is 72.4 Å². The Morgan fingerprint density at radius 2 is 2.17 bits per heavy atom. The molecule has 0 N–H and O–H groups in total. The lowest BCUT2D eigenvalue weighted by molar-refractivity contribution is 0.354. The minimum Gasteiger partial charge on any atom is -0.493 e. The Bertz CT molecular complexity index is 279. The average Bonchev–Trinajstić information content (AvgIpc) is 2.16.